The van der Waals surface area contributed by atoms with E-state index in [4.69, 9.17) is 14.5 Å². The summed E-state index contributed by atoms with van der Waals surface area (Å²) in [4.78, 5) is 22.9. The van der Waals surface area contributed by atoms with Crippen molar-refractivity contribution in [3.05, 3.63) is 48.0 Å². The topological polar surface area (TPSA) is 92.3 Å². The van der Waals surface area contributed by atoms with Crippen molar-refractivity contribution in [1.29, 1.82) is 0 Å². The van der Waals surface area contributed by atoms with Gasteiger partial charge < -0.3 is 9.47 Å². The van der Waals surface area contributed by atoms with E-state index < -0.39 is 10.0 Å². The van der Waals surface area contributed by atoms with Crippen molar-refractivity contribution < 1.29 is 22.7 Å². The SMILES string of the molecule is COc1ccc2nc(N(CCCN3CCOCC3)C(=O)c3ccc(S(=O)(=O)N4CC(C)CC(C)C4)cc3)sc2c1. The Labute approximate surface area is 240 Å². The first-order valence-electron chi connectivity index (χ1n) is 13.9. The van der Waals surface area contributed by atoms with Crippen molar-refractivity contribution in [2.24, 2.45) is 11.8 Å². The number of methoxy groups -OCH3 is 1. The van der Waals surface area contributed by atoms with E-state index in [-0.39, 0.29) is 10.8 Å². The van der Waals surface area contributed by atoms with Crippen LogP contribution in [0, 0.1) is 11.8 Å². The lowest BCUT2D eigenvalue weighted by molar-refractivity contribution is 0.0376. The fourth-order valence-corrected chi connectivity index (χ4v) is 8.27. The molecule has 0 saturated carbocycles. The Morgan fingerprint density at radius 1 is 1.10 bits per heavy atom. The highest BCUT2D eigenvalue weighted by Crippen LogP contribution is 2.33. The third-order valence-electron chi connectivity index (χ3n) is 7.59. The zero-order valence-electron chi connectivity index (χ0n) is 23.4. The molecule has 1 aromatic heterocycles. The lowest BCUT2D eigenvalue weighted by Gasteiger charge is -2.34. The van der Waals surface area contributed by atoms with Crippen LogP contribution in [0.4, 0.5) is 5.13 Å². The van der Waals surface area contributed by atoms with E-state index in [0.29, 0.717) is 42.2 Å². The number of ether oxygens (including phenoxy) is 2. The lowest BCUT2D eigenvalue weighted by atomic mass is 9.94. The first-order valence-corrected chi connectivity index (χ1v) is 16.2. The number of amides is 1. The Kier molecular flexibility index (Phi) is 9.06. The van der Waals surface area contributed by atoms with E-state index >= 15 is 0 Å². The van der Waals surface area contributed by atoms with E-state index in [1.807, 2.05) is 18.2 Å². The molecule has 0 spiro atoms. The van der Waals surface area contributed by atoms with Gasteiger partial charge in [0, 0.05) is 44.8 Å². The van der Waals surface area contributed by atoms with Gasteiger partial charge in [0.25, 0.3) is 5.91 Å². The summed E-state index contributed by atoms with van der Waals surface area (Å²) in [5.41, 5.74) is 1.24. The lowest BCUT2D eigenvalue weighted by Crippen LogP contribution is -2.42. The maximum Gasteiger partial charge on any atom is 0.260 e. The summed E-state index contributed by atoms with van der Waals surface area (Å²) in [5.74, 6) is 1.18. The summed E-state index contributed by atoms with van der Waals surface area (Å²) >= 11 is 1.45. The molecule has 216 valence electrons. The van der Waals surface area contributed by atoms with Crippen LogP contribution in [0.1, 0.15) is 37.0 Å². The highest BCUT2D eigenvalue weighted by molar-refractivity contribution is 7.89. The van der Waals surface area contributed by atoms with Crippen LogP contribution in [0.15, 0.2) is 47.4 Å². The molecule has 2 aliphatic heterocycles. The van der Waals surface area contributed by atoms with E-state index in [2.05, 4.69) is 18.7 Å². The van der Waals surface area contributed by atoms with Crippen molar-refractivity contribution in [2.45, 2.75) is 31.6 Å². The molecule has 11 heteroatoms. The van der Waals surface area contributed by atoms with E-state index in [9.17, 15) is 13.2 Å². The molecule has 2 atom stereocenters. The Morgan fingerprint density at radius 3 is 2.48 bits per heavy atom. The molecule has 5 rings (SSSR count). The fraction of sp³-hybridized carbons (Fsp3) is 0.517. The van der Waals surface area contributed by atoms with Crippen LogP contribution in [-0.4, -0.2) is 88.1 Å². The normalized spacial score (nSPS) is 21.0. The molecule has 0 radical (unpaired) electrons. The van der Waals surface area contributed by atoms with Crippen molar-refractivity contribution in [2.75, 3.05) is 64.5 Å². The molecule has 2 saturated heterocycles. The minimum absolute atomic E-state index is 0.197. The van der Waals surface area contributed by atoms with E-state index in [1.165, 1.54) is 11.3 Å². The largest absolute Gasteiger partial charge is 0.497 e. The van der Waals surface area contributed by atoms with Gasteiger partial charge in [-0.15, -0.1) is 0 Å². The molecule has 2 unspecified atom stereocenters. The summed E-state index contributed by atoms with van der Waals surface area (Å²) in [6.07, 6.45) is 1.81. The second kappa shape index (κ2) is 12.5. The molecule has 3 heterocycles. The smallest absolute Gasteiger partial charge is 0.260 e. The molecular formula is C29H38N4O5S2. The second-order valence-electron chi connectivity index (χ2n) is 10.9. The summed E-state index contributed by atoms with van der Waals surface area (Å²) in [6, 6.07) is 12.0. The van der Waals surface area contributed by atoms with Gasteiger partial charge in [-0.1, -0.05) is 25.2 Å². The van der Waals surface area contributed by atoms with Crippen LogP contribution in [0.25, 0.3) is 10.2 Å². The van der Waals surface area contributed by atoms with Crippen molar-refractivity contribution in [1.82, 2.24) is 14.2 Å². The maximum absolute atomic E-state index is 13.9. The number of rotatable bonds is 9. The van der Waals surface area contributed by atoms with E-state index in [1.54, 1.807) is 40.6 Å². The molecule has 1 amide bonds. The molecule has 0 N–H and O–H groups in total. The maximum atomic E-state index is 13.9. The van der Waals surface area contributed by atoms with Crippen LogP contribution < -0.4 is 9.64 Å². The average molecular weight is 587 g/mol. The summed E-state index contributed by atoms with van der Waals surface area (Å²) < 4.78 is 40.1. The molecule has 2 aliphatic rings. The third kappa shape index (κ3) is 6.49. The van der Waals surface area contributed by atoms with Gasteiger partial charge in [-0.25, -0.2) is 13.4 Å². The fourth-order valence-electron chi connectivity index (χ4n) is 5.57. The minimum atomic E-state index is -3.62. The summed E-state index contributed by atoms with van der Waals surface area (Å²) in [5, 5.41) is 0.614. The van der Waals surface area contributed by atoms with Crippen molar-refractivity contribution >= 4 is 42.6 Å². The number of carbonyl (C=O) groups excluding carboxylic acids is 1. The van der Waals surface area contributed by atoms with Gasteiger partial charge >= 0.3 is 0 Å². The van der Waals surface area contributed by atoms with E-state index in [0.717, 1.165) is 61.7 Å². The number of carbonyl (C=O) groups is 1. The Bertz CT molecular complexity index is 1410. The molecule has 0 bridgehead atoms. The molecule has 40 heavy (non-hydrogen) atoms. The average Bonchev–Trinajstić information content (AvgIpc) is 3.38. The number of fused-ring (bicyclic) bond motifs is 1. The molecular weight excluding hydrogens is 548 g/mol. The predicted molar refractivity (Wildman–Crippen MR) is 158 cm³/mol. The van der Waals surface area contributed by atoms with Gasteiger partial charge in [-0.05, 0) is 67.1 Å². The number of hydrogen-bond acceptors (Lipinski definition) is 8. The Hall–Kier alpha value is -2.57. The molecule has 3 aromatic rings. The highest BCUT2D eigenvalue weighted by atomic mass is 32.2. The number of anilines is 1. The van der Waals surface area contributed by atoms with Crippen LogP contribution >= 0.6 is 11.3 Å². The monoisotopic (exact) mass is 586 g/mol. The number of thiazole rings is 1. The van der Waals surface area contributed by atoms with Crippen LogP contribution in [-0.2, 0) is 14.8 Å². The van der Waals surface area contributed by atoms with Gasteiger partial charge in [0.1, 0.15) is 5.75 Å². The number of hydrogen-bond donors (Lipinski definition) is 0. The standard InChI is InChI=1S/C29H38N4O5S2/c1-21-17-22(2)20-32(19-21)40(35,36)25-8-5-23(6-9-25)28(34)33(12-4-11-31-13-15-38-16-14-31)29-30-26-10-7-24(37-3)18-27(26)39-29/h5-10,18,21-22H,4,11-17,19-20H2,1-3H3. The number of morpholine rings is 1. The van der Waals surface area contributed by atoms with Gasteiger partial charge in [0.2, 0.25) is 10.0 Å². The van der Waals surface area contributed by atoms with Crippen molar-refractivity contribution in [3.8, 4) is 5.75 Å². The first kappa shape index (κ1) is 28.9. The van der Waals surface area contributed by atoms with Gasteiger partial charge in [0.15, 0.2) is 5.13 Å². The second-order valence-corrected chi connectivity index (χ2v) is 13.8. The summed E-state index contributed by atoms with van der Waals surface area (Å²) in [7, 11) is -2.00. The minimum Gasteiger partial charge on any atom is -0.497 e. The molecule has 9 nitrogen and oxygen atoms in total. The van der Waals surface area contributed by atoms with Gasteiger partial charge in [-0.3, -0.25) is 14.6 Å². The number of nitrogens with zero attached hydrogens (tertiary/aromatic N) is 4. The Morgan fingerprint density at radius 2 is 1.80 bits per heavy atom. The van der Waals surface area contributed by atoms with Gasteiger partial charge in [0.05, 0.1) is 35.4 Å². The third-order valence-corrected chi connectivity index (χ3v) is 10.5. The zero-order valence-corrected chi connectivity index (χ0v) is 25.0. The van der Waals surface area contributed by atoms with Gasteiger partial charge in [-0.2, -0.15) is 4.31 Å². The van der Waals surface area contributed by atoms with Crippen LogP contribution in [0.2, 0.25) is 0 Å². The molecule has 2 fully saturated rings. The molecule has 2 aromatic carbocycles. The quantitative estimate of drug-likeness (QED) is 0.368. The van der Waals surface area contributed by atoms with Crippen LogP contribution in [0.3, 0.4) is 0 Å². The number of benzene rings is 2. The van der Waals surface area contributed by atoms with Crippen molar-refractivity contribution in [3.63, 3.8) is 0 Å². The highest BCUT2D eigenvalue weighted by Gasteiger charge is 2.32. The first-order chi connectivity index (χ1) is 19.2. The Balaban J connectivity index is 1.37. The number of piperidine rings is 1. The summed E-state index contributed by atoms with van der Waals surface area (Å²) in [6.45, 7) is 9.81. The predicted octanol–water partition coefficient (Wildman–Crippen LogP) is 4.34. The zero-order chi connectivity index (χ0) is 28.3. The number of aromatic nitrogens is 1. The number of sulfonamides is 1. The molecule has 0 aliphatic carbocycles. The van der Waals surface area contributed by atoms with Crippen LogP contribution in [0.5, 0.6) is 5.75 Å².